The number of nitrogens with zero attached hydrogens (tertiary/aromatic N) is 3. The highest BCUT2D eigenvalue weighted by Gasteiger charge is 2.65. The number of carbonyl (C=O) groups is 1. The molecule has 0 amide bonds. The van der Waals surface area contributed by atoms with Gasteiger partial charge in [-0.3, -0.25) is 4.79 Å². The lowest BCUT2D eigenvalue weighted by Crippen LogP contribution is -2.60. The molecule has 32 heavy (non-hydrogen) atoms. The summed E-state index contributed by atoms with van der Waals surface area (Å²) in [7, 11) is -3.71. The molecule has 4 rings (SSSR count). The number of ketones is 1. The highest BCUT2D eigenvalue weighted by molar-refractivity contribution is 7.89. The number of anilines is 1. The molecule has 0 unspecified atom stereocenters. The predicted molar refractivity (Wildman–Crippen MR) is 115 cm³/mol. The summed E-state index contributed by atoms with van der Waals surface area (Å²) >= 11 is 0. The average Bonchev–Trinajstić information content (AvgIpc) is 3.03. The van der Waals surface area contributed by atoms with Crippen LogP contribution in [-0.2, 0) is 21.0 Å². The van der Waals surface area contributed by atoms with Crippen molar-refractivity contribution in [1.29, 1.82) is 0 Å². The van der Waals surface area contributed by atoms with Gasteiger partial charge in [-0.05, 0) is 50.2 Å². The molecule has 1 aromatic heterocycles. The normalized spacial score (nSPS) is 33.2. The highest BCUT2D eigenvalue weighted by atomic mass is 32.2. The fourth-order valence-corrected chi connectivity index (χ4v) is 8.55. The third-order valence-electron chi connectivity index (χ3n) is 8.22. The van der Waals surface area contributed by atoms with Crippen LogP contribution in [0.1, 0.15) is 52.5 Å². The van der Waals surface area contributed by atoms with Crippen LogP contribution in [0, 0.1) is 16.7 Å². The number of halogens is 3. The van der Waals surface area contributed by atoms with Gasteiger partial charge in [-0.1, -0.05) is 13.8 Å². The average molecular weight is 474 g/mol. The minimum absolute atomic E-state index is 0.0654. The fraction of sp³-hybridized carbons (Fsp3) is 0.727. The van der Waals surface area contributed by atoms with E-state index in [1.54, 1.807) is 6.92 Å². The summed E-state index contributed by atoms with van der Waals surface area (Å²) in [4.78, 5) is 18.7. The maximum atomic E-state index is 13.5. The van der Waals surface area contributed by atoms with E-state index in [1.807, 2.05) is 25.7 Å². The number of aromatic nitrogens is 1. The molecule has 0 N–H and O–H groups in total. The molecule has 4 atom stereocenters. The molecule has 1 aromatic rings. The quantitative estimate of drug-likeness (QED) is 0.667. The van der Waals surface area contributed by atoms with Crippen molar-refractivity contribution in [3.8, 4) is 0 Å². The van der Waals surface area contributed by atoms with Gasteiger partial charge in [-0.2, -0.15) is 17.5 Å². The summed E-state index contributed by atoms with van der Waals surface area (Å²) in [5, 5.41) is 0. The molecule has 0 spiro atoms. The summed E-state index contributed by atoms with van der Waals surface area (Å²) in [6.45, 7) is 8.17. The van der Waals surface area contributed by atoms with Gasteiger partial charge in [0.1, 0.15) is 11.6 Å². The van der Waals surface area contributed by atoms with Gasteiger partial charge in [0, 0.05) is 43.2 Å². The van der Waals surface area contributed by atoms with Crippen molar-refractivity contribution < 1.29 is 26.4 Å². The summed E-state index contributed by atoms with van der Waals surface area (Å²) < 4.78 is 67.1. The van der Waals surface area contributed by atoms with Gasteiger partial charge in [-0.15, -0.1) is 0 Å². The third kappa shape index (κ3) is 3.54. The fourth-order valence-electron chi connectivity index (χ4n) is 6.03. The number of sulfonamides is 1. The molecule has 2 aliphatic carbocycles. The van der Waals surface area contributed by atoms with Gasteiger partial charge in [0.05, 0.1) is 11.3 Å². The van der Waals surface area contributed by atoms with Crippen LogP contribution in [0.2, 0.25) is 0 Å². The zero-order chi connectivity index (χ0) is 23.7. The Hall–Kier alpha value is -1.68. The van der Waals surface area contributed by atoms with Crippen molar-refractivity contribution in [2.45, 2.75) is 65.2 Å². The van der Waals surface area contributed by atoms with Crippen LogP contribution in [0.15, 0.2) is 18.3 Å². The Morgan fingerprint density at radius 3 is 2.34 bits per heavy atom. The zero-order valence-corrected chi connectivity index (χ0v) is 19.6. The van der Waals surface area contributed by atoms with E-state index in [0.717, 1.165) is 18.7 Å². The molecule has 2 saturated carbocycles. The summed E-state index contributed by atoms with van der Waals surface area (Å²) in [6.07, 6.45) is -1.70. The third-order valence-corrected chi connectivity index (χ3v) is 10.3. The molecule has 0 aromatic carbocycles. The van der Waals surface area contributed by atoms with Crippen LogP contribution in [0.5, 0.6) is 0 Å². The Balaban J connectivity index is 1.53. The van der Waals surface area contributed by atoms with E-state index in [-0.39, 0.29) is 35.5 Å². The molecule has 178 valence electrons. The second kappa shape index (κ2) is 7.41. The molecule has 10 heteroatoms. The summed E-state index contributed by atoms with van der Waals surface area (Å²) in [5.74, 6) is 0.524. The van der Waals surface area contributed by atoms with Crippen LogP contribution >= 0.6 is 0 Å². The molecule has 2 bridgehead atoms. The molecule has 0 radical (unpaired) electrons. The van der Waals surface area contributed by atoms with Crippen LogP contribution in [-0.4, -0.2) is 54.4 Å². The highest BCUT2D eigenvalue weighted by Crippen LogP contribution is 2.64. The van der Waals surface area contributed by atoms with Crippen molar-refractivity contribution in [2.24, 2.45) is 16.7 Å². The Bertz CT molecular complexity index is 1010. The van der Waals surface area contributed by atoms with E-state index in [2.05, 4.69) is 4.98 Å². The predicted octanol–water partition coefficient (Wildman–Crippen LogP) is 3.72. The van der Waals surface area contributed by atoms with Crippen molar-refractivity contribution in [3.63, 3.8) is 0 Å². The van der Waals surface area contributed by atoms with E-state index >= 15 is 0 Å². The molecule has 2 heterocycles. The first-order chi connectivity index (χ1) is 14.7. The number of alkyl halides is 3. The summed E-state index contributed by atoms with van der Waals surface area (Å²) in [6, 6.07) is 1.65. The maximum Gasteiger partial charge on any atom is 0.417 e. The van der Waals surface area contributed by atoms with E-state index in [9.17, 15) is 26.4 Å². The lowest BCUT2D eigenvalue weighted by Gasteiger charge is -2.45. The first-order valence-electron chi connectivity index (χ1n) is 11.0. The van der Waals surface area contributed by atoms with Gasteiger partial charge in [-0.25, -0.2) is 13.4 Å². The van der Waals surface area contributed by atoms with Crippen molar-refractivity contribution in [3.05, 3.63) is 23.9 Å². The second-order valence-electron chi connectivity index (χ2n) is 10.2. The first kappa shape index (κ1) is 23.5. The van der Waals surface area contributed by atoms with E-state index in [4.69, 9.17) is 0 Å². The zero-order valence-electron chi connectivity index (χ0n) is 18.8. The van der Waals surface area contributed by atoms with Crippen LogP contribution in [0.25, 0.3) is 0 Å². The van der Waals surface area contributed by atoms with Crippen LogP contribution in [0.4, 0.5) is 19.0 Å². The minimum atomic E-state index is -4.46. The summed E-state index contributed by atoms with van der Waals surface area (Å²) in [5.41, 5.74) is -1.98. The number of fused-ring (bicyclic) bond motifs is 2. The molecule has 1 saturated heterocycles. The van der Waals surface area contributed by atoms with Crippen LogP contribution in [0.3, 0.4) is 0 Å². The van der Waals surface area contributed by atoms with Gasteiger partial charge in [0.2, 0.25) is 10.0 Å². The topological polar surface area (TPSA) is 70.6 Å². The number of pyridine rings is 1. The molecule has 3 fully saturated rings. The Labute approximate surface area is 187 Å². The molecule has 6 nitrogen and oxygen atoms in total. The number of carbonyl (C=O) groups excluding carboxylic acids is 1. The van der Waals surface area contributed by atoms with Crippen LogP contribution < -0.4 is 4.90 Å². The van der Waals surface area contributed by atoms with Gasteiger partial charge >= 0.3 is 6.18 Å². The lowest BCUT2D eigenvalue weighted by atomic mass is 9.70. The molecular weight excluding hydrogens is 443 g/mol. The molecular formula is C22H30F3N3O3S. The number of hydrogen-bond acceptors (Lipinski definition) is 5. The van der Waals surface area contributed by atoms with E-state index in [0.29, 0.717) is 25.2 Å². The van der Waals surface area contributed by atoms with Crippen molar-refractivity contribution in [2.75, 3.05) is 23.7 Å². The molecule has 3 aliphatic rings. The van der Waals surface area contributed by atoms with Gasteiger partial charge < -0.3 is 4.90 Å². The lowest BCUT2D eigenvalue weighted by molar-refractivity contribution is -0.137. The first-order valence-corrected chi connectivity index (χ1v) is 12.6. The number of piperazine rings is 1. The molecule has 1 aliphatic heterocycles. The van der Waals surface area contributed by atoms with Crippen molar-refractivity contribution in [1.82, 2.24) is 9.29 Å². The van der Waals surface area contributed by atoms with Gasteiger partial charge in [0.15, 0.2) is 0 Å². The minimum Gasteiger partial charge on any atom is -0.351 e. The van der Waals surface area contributed by atoms with E-state index in [1.165, 1.54) is 10.4 Å². The maximum absolute atomic E-state index is 13.5. The number of Topliss-reactive ketones (excluding diaryl/α,β-unsaturated/α-hetero) is 1. The largest absolute Gasteiger partial charge is 0.417 e. The SMILES string of the molecule is C[C@@H]1CN(c2ccc(C(F)(F)F)cn2)[C@@H](C)CN1S(=O)(=O)C[C@]12CC[C@H](CC1=O)C2(C)C. The Morgan fingerprint density at radius 1 is 1.16 bits per heavy atom. The smallest absolute Gasteiger partial charge is 0.351 e. The number of rotatable bonds is 4. The standard InChI is InChI=1S/C22H30F3N3O3S/c1-14-12-28(15(2)11-27(14)19-6-5-17(10-26-19)22(23,24)25)32(30,31)13-21-8-7-16(9-18(21)29)20(21,3)4/h5-6,10,14-16H,7-9,11-13H2,1-4H3/t14-,15+,16+,21+/m0/s1. The monoisotopic (exact) mass is 473 g/mol. The second-order valence-corrected chi connectivity index (χ2v) is 12.2. The Kier molecular flexibility index (Phi) is 5.44. The van der Waals surface area contributed by atoms with Gasteiger partial charge in [0.25, 0.3) is 0 Å². The van der Waals surface area contributed by atoms with Crippen molar-refractivity contribution >= 4 is 21.6 Å². The Morgan fingerprint density at radius 2 is 1.84 bits per heavy atom. The van der Waals surface area contributed by atoms with E-state index < -0.39 is 33.2 Å². The number of hydrogen-bond donors (Lipinski definition) is 0.